The Kier molecular flexibility index (Phi) is 5.44. The molecule has 5 nitrogen and oxygen atoms in total. The number of hydrogen-bond donors (Lipinski definition) is 1. The second-order valence-corrected chi connectivity index (χ2v) is 9.15. The van der Waals surface area contributed by atoms with Crippen LogP contribution in [0.5, 0.6) is 0 Å². The molecule has 3 heterocycles. The van der Waals surface area contributed by atoms with Gasteiger partial charge in [-0.25, -0.2) is 0 Å². The number of benzene rings is 1. The van der Waals surface area contributed by atoms with Gasteiger partial charge >= 0.3 is 0 Å². The number of hydrogen-bond acceptors (Lipinski definition) is 3. The Morgan fingerprint density at radius 1 is 1.06 bits per heavy atom. The first-order valence-electron chi connectivity index (χ1n) is 10.7. The van der Waals surface area contributed by atoms with Gasteiger partial charge in [0, 0.05) is 29.7 Å². The molecular weight excluding hydrogens is 384 g/mol. The maximum absolute atomic E-state index is 13.1. The standard InChI is InChI=1S/C26H30N4O/c1-18-6-8-21(9-7-18)24(31)28-23-11-10-22-14-17-29(26(3,4)5)25(22)30(23)19(2)20-12-15-27-16-13-20/h6-9,11-17,19H,10H2,1-5H3,(H,28,31). The van der Waals surface area contributed by atoms with E-state index in [2.05, 4.69) is 65.8 Å². The van der Waals surface area contributed by atoms with Gasteiger partial charge in [0.15, 0.2) is 0 Å². The molecule has 1 aromatic carbocycles. The number of allylic oxidation sites excluding steroid dienone is 1. The van der Waals surface area contributed by atoms with E-state index >= 15 is 0 Å². The number of anilines is 1. The first-order valence-corrected chi connectivity index (χ1v) is 10.7. The number of nitrogens with zero attached hydrogens (tertiary/aromatic N) is 3. The Morgan fingerprint density at radius 3 is 2.39 bits per heavy atom. The molecule has 1 unspecified atom stereocenters. The van der Waals surface area contributed by atoms with Crippen molar-refractivity contribution >= 4 is 11.7 Å². The zero-order valence-electron chi connectivity index (χ0n) is 18.9. The van der Waals surface area contributed by atoms with Crippen LogP contribution in [0.1, 0.15) is 60.8 Å². The van der Waals surface area contributed by atoms with Gasteiger partial charge in [-0.1, -0.05) is 17.7 Å². The lowest BCUT2D eigenvalue weighted by molar-refractivity contribution is 0.0964. The fourth-order valence-electron chi connectivity index (χ4n) is 4.04. The fraction of sp³-hybridized carbons (Fsp3) is 0.308. The monoisotopic (exact) mass is 414 g/mol. The number of aromatic nitrogens is 2. The molecule has 1 aliphatic rings. The van der Waals surface area contributed by atoms with Crippen LogP contribution in [-0.2, 0) is 12.0 Å². The zero-order valence-corrected chi connectivity index (χ0v) is 18.9. The quantitative estimate of drug-likeness (QED) is 0.627. The number of rotatable bonds is 4. The molecule has 0 saturated carbocycles. The van der Waals surface area contributed by atoms with Gasteiger partial charge in [0.1, 0.15) is 11.6 Å². The first kappa shape index (κ1) is 20.9. The predicted octanol–water partition coefficient (Wildman–Crippen LogP) is 5.34. The molecule has 0 saturated heterocycles. The summed E-state index contributed by atoms with van der Waals surface area (Å²) in [6.07, 6.45) is 8.66. The van der Waals surface area contributed by atoms with Gasteiger partial charge in [0.2, 0.25) is 0 Å². The van der Waals surface area contributed by atoms with E-state index in [1.54, 1.807) is 0 Å². The predicted molar refractivity (Wildman–Crippen MR) is 125 cm³/mol. The number of carbonyl (C=O) groups excluding carboxylic acids is 1. The van der Waals surface area contributed by atoms with E-state index in [4.69, 9.17) is 0 Å². The van der Waals surface area contributed by atoms with E-state index in [1.165, 1.54) is 5.56 Å². The van der Waals surface area contributed by atoms with Crippen molar-refractivity contribution in [3.8, 4) is 0 Å². The summed E-state index contributed by atoms with van der Waals surface area (Å²) in [5, 5.41) is 3.18. The highest BCUT2D eigenvalue weighted by atomic mass is 16.1. The molecule has 1 atom stereocenters. The lowest BCUT2D eigenvalue weighted by Gasteiger charge is -2.39. The molecule has 0 fully saturated rings. The number of pyridine rings is 1. The third-order valence-electron chi connectivity index (χ3n) is 5.80. The van der Waals surface area contributed by atoms with E-state index in [1.807, 2.05) is 55.7 Å². The van der Waals surface area contributed by atoms with Crippen molar-refractivity contribution in [3.05, 3.63) is 95.2 Å². The van der Waals surface area contributed by atoms with E-state index in [-0.39, 0.29) is 17.5 Å². The molecule has 2 aromatic heterocycles. The average molecular weight is 415 g/mol. The largest absolute Gasteiger partial charge is 0.329 e. The Bertz CT molecular complexity index is 1100. The molecule has 0 spiro atoms. The molecule has 1 amide bonds. The van der Waals surface area contributed by atoms with E-state index in [0.717, 1.165) is 29.2 Å². The SMILES string of the molecule is Cc1ccc(C(=O)NC2=CCc3ccn(C(C)(C)C)c3N2C(C)c2ccncc2)cc1. The summed E-state index contributed by atoms with van der Waals surface area (Å²) in [4.78, 5) is 19.5. The Balaban J connectivity index is 1.75. The second kappa shape index (κ2) is 8.06. The van der Waals surface area contributed by atoms with Crippen molar-refractivity contribution < 1.29 is 4.79 Å². The minimum atomic E-state index is -0.101. The summed E-state index contributed by atoms with van der Waals surface area (Å²) in [7, 11) is 0. The first-order chi connectivity index (χ1) is 14.8. The van der Waals surface area contributed by atoms with E-state index in [0.29, 0.717) is 5.56 Å². The van der Waals surface area contributed by atoms with Crippen LogP contribution in [0.3, 0.4) is 0 Å². The summed E-state index contributed by atoms with van der Waals surface area (Å²) >= 11 is 0. The molecule has 31 heavy (non-hydrogen) atoms. The normalized spacial score (nSPS) is 14.6. The number of fused-ring (bicyclic) bond motifs is 1. The number of nitrogens with one attached hydrogen (secondary N) is 1. The van der Waals surface area contributed by atoms with Gasteiger partial charge in [-0.15, -0.1) is 0 Å². The zero-order chi connectivity index (χ0) is 22.2. The summed E-state index contributed by atoms with van der Waals surface area (Å²) in [6.45, 7) is 10.8. The smallest absolute Gasteiger partial charge is 0.256 e. The van der Waals surface area contributed by atoms with Gasteiger partial charge in [-0.2, -0.15) is 0 Å². The second-order valence-electron chi connectivity index (χ2n) is 9.15. The highest BCUT2D eigenvalue weighted by Gasteiger charge is 2.32. The molecule has 1 aliphatic heterocycles. The Morgan fingerprint density at radius 2 is 1.74 bits per heavy atom. The van der Waals surface area contributed by atoms with E-state index < -0.39 is 0 Å². The van der Waals surface area contributed by atoms with Crippen molar-refractivity contribution in [2.75, 3.05) is 4.90 Å². The van der Waals surface area contributed by atoms with Gasteiger partial charge in [0.25, 0.3) is 5.91 Å². The number of carbonyl (C=O) groups is 1. The van der Waals surface area contributed by atoms with Gasteiger partial charge < -0.3 is 14.8 Å². The Labute approximate surface area is 184 Å². The molecule has 1 N–H and O–H groups in total. The Hall–Kier alpha value is -3.34. The van der Waals surface area contributed by atoms with Crippen LogP contribution in [0.25, 0.3) is 0 Å². The highest BCUT2D eigenvalue weighted by Crippen LogP contribution is 2.39. The van der Waals surface area contributed by atoms with Crippen molar-refractivity contribution in [2.45, 2.75) is 52.6 Å². The number of aryl methyl sites for hydroxylation is 1. The van der Waals surface area contributed by atoms with Crippen LogP contribution in [-0.4, -0.2) is 15.5 Å². The summed E-state index contributed by atoms with van der Waals surface area (Å²) < 4.78 is 2.30. The van der Waals surface area contributed by atoms with Crippen molar-refractivity contribution in [1.82, 2.24) is 14.9 Å². The van der Waals surface area contributed by atoms with Gasteiger partial charge in [-0.05, 0) is 88.6 Å². The summed E-state index contributed by atoms with van der Waals surface area (Å²) in [5.74, 6) is 1.83. The summed E-state index contributed by atoms with van der Waals surface area (Å²) in [6, 6.07) is 13.9. The van der Waals surface area contributed by atoms with Crippen molar-refractivity contribution in [1.29, 1.82) is 0 Å². The van der Waals surface area contributed by atoms with Gasteiger partial charge in [0.05, 0.1) is 6.04 Å². The third-order valence-corrected chi connectivity index (χ3v) is 5.80. The molecule has 0 aliphatic carbocycles. The van der Waals surface area contributed by atoms with Crippen molar-refractivity contribution in [3.63, 3.8) is 0 Å². The number of amides is 1. The summed E-state index contributed by atoms with van der Waals surface area (Å²) in [5.41, 5.74) is 4.09. The van der Waals surface area contributed by atoms with E-state index in [9.17, 15) is 4.79 Å². The maximum atomic E-state index is 13.1. The lowest BCUT2D eigenvalue weighted by Crippen LogP contribution is -2.41. The van der Waals surface area contributed by atoms with Crippen molar-refractivity contribution in [2.24, 2.45) is 0 Å². The third kappa shape index (κ3) is 4.13. The minimum absolute atomic E-state index is 0.0163. The molecule has 0 bridgehead atoms. The van der Waals surface area contributed by atoms with Crippen LogP contribution in [0.4, 0.5) is 5.82 Å². The molecule has 0 radical (unpaired) electrons. The van der Waals surface area contributed by atoms with Crippen LogP contribution in [0, 0.1) is 6.92 Å². The minimum Gasteiger partial charge on any atom is -0.329 e. The highest BCUT2D eigenvalue weighted by molar-refractivity contribution is 5.95. The van der Waals surface area contributed by atoms with Crippen LogP contribution in [0.15, 0.2) is 73.0 Å². The molecule has 5 heteroatoms. The van der Waals surface area contributed by atoms with Crippen LogP contribution in [0.2, 0.25) is 0 Å². The molecule has 3 aromatic rings. The maximum Gasteiger partial charge on any atom is 0.256 e. The average Bonchev–Trinajstić information content (AvgIpc) is 3.19. The van der Waals surface area contributed by atoms with Crippen LogP contribution >= 0.6 is 0 Å². The van der Waals surface area contributed by atoms with Crippen LogP contribution < -0.4 is 10.2 Å². The molecule has 4 rings (SSSR count). The fourth-order valence-corrected chi connectivity index (χ4v) is 4.04. The topological polar surface area (TPSA) is 50.2 Å². The van der Waals surface area contributed by atoms with Gasteiger partial charge in [-0.3, -0.25) is 9.78 Å². The molecule has 160 valence electrons. The lowest BCUT2D eigenvalue weighted by atomic mass is 10.0. The molecular formula is C26H30N4O.